The van der Waals surface area contributed by atoms with Gasteiger partial charge in [-0.25, -0.2) is 9.78 Å². The molecule has 7 nitrogen and oxygen atoms in total. The Labute approximate surface area is 193 Å². The molecule has 31 heavy (non-hydrogen) atoms. The molecule has 1 aromatic heterocycles. The van der Waals surface area contributed by atoms with E-state index in [1.165, 1.54) is 11.3 Å². The molecule has 0 unspecified atom stereocenters. The molecule has 0 saturated heterocycles. The van der Waals surface area contributed by atoms with Crippen LogP contribution in [0.4, 0.5) is 9.93 Å². The van der Waals surface area contributed by atoms with E-state index in [1.807, 2.05) is 12.1 Å². The van der Waals surface area contributed by atoms with Gasteiger partial charge in [0.25, 0.3) is 5.91 Å². The van der Waals surface area contributed by atoms with Gasteiger partial charge in [-0.1, -0.05) is 41.4 Å². The molecule has 0 saturated carbocycles. The number of halogens is 2. The minimum absolute atomic E-state index is 0.203. The van der Waals surface area contributed by atoms with E-state index in [0.717, 1.165) is 11.1 Å². The quantitative estimate of drug-likeness (QED) is 0.431. The van der Waals surface area contributed by atoms with Crippen molar-refractivity contribution in [3.8, 4) is 0 Å². The summed E-state index contributed by atoms with van der Waals surface area (Å²) in [4.78, 5) is 28.7. The number of methoxy groups -OCH3 is 1. The number of thiazole rings is 1. The van der Waals surface area contributed by atoms with Crippen LogP contribution in [0, 0.1) is 0 Å². The van der Waals surface area contributed by atoms with Gasteiger partial charge in [0.1, 0.15) is 0 Å². The van der Waals surface area contributed by atoms with E-state index in [1.54, 1.807) is 42.8 Å². The number of carbonyl (C=O) groups is 2. The molecule has 0 fully saturated rings. The monoisotopic (exact) mass is 478 g/mol. The Balaban J connectivity index is 1.45. The van der Waals surface area contributed by atoms with Gasteiger partial charge in [0.05, 0.1) is 28.9 Å². The number of nitrogens with one attached hydrogen (secondary N) is 3. The molecule has 2 aromatic carbocycles. The number of hydrogen-bond donors (Lipinski definition) is 3. The summed E-state index contributed by atoms with van der Waals surface area (Å²) < 4.78 is 5.06. The van der Waals surface area contributed by atoms with Crippen molar-refractivity contribution in [1.82, 2.24) is 15.6 Å². The second-order valence-electron chi connectivity index (χ2n) is 6.51. The molecular formula is C21H20Cl2N4O3S. The van der Waals surface area contributed by atoms with Crippen molar-refractivity contribution < 1.29 is 14.3 Å². The third-order valence-corrected chi connectivity index (χ3v) is 5.71. The maximum atomic E-state index is 12.3. The largest absolute Gasteiger partial charge is 0.380 e. The fourth-order valence-electron chi connectivity index (χ4n) is 2.61. The van der Waals surface area contributed by atoms with Crippen LogP contribution in [0.25, 0.3) is 0 Å². The Morgan fingerprint density at radius 1 is 1.00 bits per heavy atom. The average molecular weight is 479 g/mol. The van der Waals surface area contributed by atoms with E-state index >= 15 is 0 Å². The van der Waals surface area contributed by atoms with Crippen LogP contribution >= 0.6 is 34.5 Å². The Morgan fingerprint density at radius 3 is 2.45 bits per heavy atom. The number of aromatic nitrogens is 1. The summed E-state index contributed by atoms with van der Waals surface area (Å²) in [6.45, 7) is 1.04. The molecule has 3 N–H and O–H groups in total. The van der Waals surface area contributed by atoms with Gasteiger partial charge >= 0.3 is 6.03 Å². The van der Waals surface area contributed by atoms with Crippen LogP contribution in [0.5, 0.6) is 0 Å². The summed E-state index contributed by atoms with van der Waals surface area (Å²) in [6.07, 6.45) is 0. The lowest BCUT2D eigenvalue weighted by Crippen LogP contribution is -2.28. The van der Waals surface area contributed by atoms with Crippen molar-refractivity contribution in [3.05, 3.63) is 80.3 Å². The van der Waals surface area contributed by atoms with E-state index in [2.05, 4.69) is 20.9 Å². The van der Waals surface area contributed by atoms with E-state index in [9.17, 15) is 9.59 Å². The molecule has 0 bridgehead atoms. The summed E-state index contributed by atoms with van der Waals surface area (Å²) in [7, 11) is 1.62. The molecule has 0 spiro atoms. The van der Waals surface area contributed by atoms with Gasteiger partial charge < -0.3 is 15.4 Å². The first-order chi connectivity index (χ1) is 14.9. The molecule has 3 rings (SSSR count). The fraction of sp³-hybridized carbons (Fsp3) is 0.190. The van der Waals surface area contributed by atoms with E-state index in [-0.39, 0.29) is 12.5 Å². The second kappa shape index (κ2) is 11.1. The summed E-state index contributed by atoms with van der Waals surface area (Å²) in [5.74, 6) is -0.203. The van der Waals surface area contributed by atoms with Gasteiger partial charge in [0, 0.05) is 24.6 Å². The minimum Gasteiger partial charge on any atom is -0.380 e. The third kappa shape index (κ3) is 6.93. The molecule has 0 aliphatic heterocycles. The van der Waals surface area contributed by atoms with Crippen molar-refractivity contribution >= 4 is 51.6 Å². The number of ether oxygens (including phenoxy) is 1. The highest BCUT2D eigenvalue weighted by Gasteiger charge is 2.10. The number of benzene rings is 2. The Hall–Kier alpha value is -2.65. The zero-order chi connectivity index (χ0) is 22.2. The van der Waals surface area contributed by atoms with Gasteiger partial charge in [0.2, 0.25) is 0 Å². The number of amides is 3. The van der Waals surface area contributed by atoms with Gasteiger partial charge in [0.15, 0.2) is 5.13 Å². The molecular weight excluding hydrogens is 459 g/mol. The molecule has 0 aliphatic rings. The third-order valence-electron chi connectivity index (χ3n) is 4.17. The van der Waals surface area contributed by atoms with Crippen LogP contribution in [0.2, 0.25) is 10.0 Å². The average Bonchev–Trinajstić information content (AvgIpc) is 3.21. The topological polar surface area (TPSA) is 92.4 Å². The number of hydrogen-bond acceptors (Lipinski definition) is 5. The standard InChI is InChI=1S/C21H20Cl2N4O3S/c1-30-11-13-2-5-15(6-3-13)19(28)24-10-16-12-31-21(26-16)27-20(29)25-9-14-4-7-17(22)18(23)8-14/h2-8,12H,9-11H2,1H3,(H,24,28)(H2,25,26,27,29). The minimum atomic E-state index is -0.396. The maximum Gasteiger partial charge on any atom is 0.321 e. The summed E-state index contributed by atoms with van der Waals surface area (Å²) in [5.41, 5.74) is 3.01. The molecule has 1 heterocycles. The van der Waals surface area contributed by atoms with Crippen molar-refractivity contribution in [2.24, 2.45) is 0 Å². The zero-order valence-electron chi connectivity index (χ0n) is 16.6. The van der Waals surface area contributed by atoms with Crippen LogP contribution in [0.3, 0.4) is 0 Å². The van der Waals surface area contributed by atoms with Gasteiger partial charge in [-0.2, -0.15) is 0 Å². The molecule has 10 heteroatoms. The molecule has 0 radical (unpaired) electrons. The Morgan fingerprint density at radius 2 is 1.74 bits per heavy atom. The fourth-order valence-corrected chi connectivity index (χ4v) is 3.64. The number of rotatable bonds is 8. The van der Waals surface area contributed by atoms with Crippen LogP contribution in [0.1, 0.15) is 27.2 Å². The number of carbonyl (C=O) groups excluding carboxylic acids is 2. The smallest absolute Gasteiger partial charge is 0.321 e. The van der Waals surface area contributed by atoms with Crippen LogP contribution in [-0.4, -0.2) is 24.0 Å². The highest BCUT2D eigenvalue weighted by molar-refractivity contribution is 7.13. The number of urea groups is 1. The maximum absolute atomic E-state index is 12.3. The van der Waals surface area contributed by atoms with Crippen LogP contribution in [0.15, 0.2) is 47.8 Å². The van der Waals surface area contributed by atoms with Crippen molar-refractivity contribution in [3.63, 3.8) is 0 Å². The first kappa shape index (κ1) is 23.0. The first-order valence-electron chi connectivity index (χ1n) is 9.24. The molecule has 0 atom stereocenters. The Bertz CT molecular complexity index is 1060. The summed E-state index contributed by atoms with van der Waals surface area (Å²) >= 11 is 13.1. The zero-order valence-corrected chi connectivity index (χ0v) is 18.9. The highest BCUT2D eigenvalue weighted by Crippen LogP contribution is 2.22. The Kier molecular flexibility index (Phi) is 8.25. The predicted molar refractivity (Wildman–Crippen MR) is 123 cm³/mol. The van der Waals surface area contributed by atoms with Crippen molar-refractivity contribution in [2.75, 3.05) is 12.4 Å². The predicted octanol–water partition coefficient (Wildman–Crippen LogP) is 4.85. The van der Waals surface area contributed by atoms with E-state index < -0.39 is 6.03 Å². The first-order valence-corrected chi connectivity index (χ1v) is 10.9. The lowest BCUT2D eigenvalue weighted by molar-refractivity contribution is 0.0950. The van der Waals surface area contributed by atoms with Crippen LogP contribution in [-0.2, 0) is 24.4 Å². The normalized spacial score (nSPS) is 10.5. The van der Waals surface area contributed by atoms with Gasteiger partial charge in [-0.3, -0.25) is 10.1 Å². The van der Waals surface area contributed by atoms with Crippen molar-refractivity contribution in [2.45, 2.75) is 19.7 Å². The summed E-state index contributed by atoms with van der Waals surface area (Å²) in [6, 6.07) is 11.9. The van der Waals surface area contributed by atoms with E-state index in [0.29, 0.717) is 39.6 Å². The number of anilines is 1. The van der Waals surface area contributed by atoms with E-state index in [4.69, 9.17) is 27.9 Å². The number of nitrogens with zero attached hydrogens (tertiary/aromatic N) is 1. The van der Waals surface area contributed by atoms with Gasteiger partial charge in [-0.15, -0.1) is 11.3 Å². The highest BCUT2D eigenvalue weighted by atomic mass is 35.5. The molecule has 3 aromatic rings. The van der Waals surface area contributed by atoms with Gasteiger partial charge in [-0.05, 0) is 35.4 Å². The molecule has 162 valence electrons. The lowest BCUT2D eigenvalue weighted by Gasteiger charge is -2.07. The van der Waals surface area contributed by atoms with Crippen molar-refractivity contribution in [1.29, 1.82) is 0 Å². The second-order valence-corrected chi connectivity index (χ2v) is 8.19. The SMILES string of the molecule is COCc1ccc(C(=O)NCc2csc(NC(=O)NCc3ccc(Cl)c(Cl)c3)n2)cc1. The molecule has 3 amide bonds. The lowest BCUT2D eigenvalue weighted by atomic mass is 10.1. The molecule has 0 aliphatic carbocycles. The van der Waals surface area contributed by atoms with Crippen LogP contribution < -0.4 is 16.0 Å². The summed E-state index contributed by atoms with van der Waals surface area (Å²) in [5, 5.41) is 11.3.